The average Bonchev–Trinajstić information content (AvgIpc) is 3.76. The van der Waals surface area contributed by atoms with Gasteiger partial charge in [-0.1, -0.05) is 47.5 Å². The minimum atomic E-state index is -1.13. The lowest BCUT2D eigenvalue weighted by molar-refractivity contribution is 0.0686. The van der Waals surface area contributed by atoms with Crippen molar-refractivity contribution in [3.05, 3.63) is 129 Å². The van der Waals surface area contributed by atoms with Crippen LogP contribution in [0.25, 0.3) is 32.9 Å². The van der Waals surface area contributed by atoms with E-state index in [2.05, 4.69) is 25.6 Å². The van der Waals surface area contributed by atoms with Crippen LogP contribution in [0.3, 0.4) is 0 Å². The van der Waals surface area contributed by atoms with Crippen molar-refractivity contribution in [1.29, 1.82) is 0 Å². The molecule has 7 aromatic rings. The topological polar surface area (TPSA) is 125 Å². The number of aromatic nitrogens is 5. The predicted molar refractivity (Wildman–Crippen MR) is 232 cm³/mol. The molecule has 0 saturated carbocycles. The minimum Gasteiger partial charge on any atom is -0.496 e. The summed E-state index contributed by atoms with van der Waals surface area (Å²) in [5, 5.41) is 12.7. The van der Waals surface area contributed by atoms with E-state index in [1.54, 1.807) is 40.2 Å². The van der Waals surface area contributed by atoms with Crippen LogP contribution in [0, 0.1) is 34.6 Å². The Hall–Kier alpha value is -5.91. The summed E-state index contributed by atoms with van der Waals surface area (Å²) in [6, 6.07) is 18.5. The Kier molecular flexibility index (Phi) is 10.6. The number of carbonyl (C=O) groups is 2. The van der Waals surface area contributed by atoms with Gasteiger partial charge in [-0.2, -0.15) is 0 Å². The van der Waals surface area contributed by atoms with Crippen molar-refractivity contribution in [3.8, 4) is 22.6 Å². The number of hydrogen-bond acceptors (Lipinski definition) is 7. The maximum atomic E-state index is 15.5. The highest BCUT2D eigenvalue weighted by molar-refractivity contribution is 6.32. The monoisotopic (exact) mass is 830 g/mol. The zero-order valence-corrected chi connectivity index (χ0v) is 35.4. The van der Waals surface area contributed by atoms with Gasteiger partial charge in [0.2, 0.25) is 0 Å². The zero-order valence-electron chi connectivity index (χ0n) is 33.9. The number of hydrogen-bond donors (Lipinski definition) is 1. The third kappa shape index (κ3) is 6.85. The van der Waals surface area contributed by atoms with Crippen molar-refractivity contribution in [3.63, 3.8) is 0 Å². The SMILES string of the molecule is COc1ccc(N2C(=O)c3c(CCCOc4cc(C)c(Cl)c(C)c4)c4cccc(-c5c(C)ncnc5C)c4n3C(C)C2Cl)c2c1cc(C(=O)O)n2Cc1ccc(C)cn1. The average molecular weight is 832 g/mol. The number of carboxylic acids is 1. The van der Waals surface area contributed by atoms with Gasteiger partial charge >= 0.3 is 5.97 Å². The summed E-state index contributed by atoms with van der Waals surface area (Å²) in [5.74, 6) is -0.239. The number of halogens is 2. The van der Waals surface area contributed by atoms with E-state index < -0.39 is 17.5 Å². The fourth-order valence-electron chi connectivity index (χ4n) is 8.55. The summed E-state index contributed by atoms with van der Waals surface area (Å²) in [5.41, 5.74) is 9.30. The molecule has 8 rings (SSSR count). The van der Waals surface area contributed by atoms with Gasteiger partial charge in [-0.25, -0.2) is 14.8 Å². The van der Waals surface area contributed by atoms with E-state index in [4.69, 9.17) is 32.7 Å². The first-order valence-electron chi connectivity index (χ1n) is 19.5. The third-order valence-electron chi connectivity index (χ3n) is 11.3. The molecule has 0 radical (unpaired) electrons. The fourth-order valence-corrected chi connectivity index (χ4v) is 8.96. The molecule has 0 aliphatic carbocycles. The Labute approximate surface area is 352 Å². The molecule has 1 aliphatic heterocycles. The van der Waals surface area contributed by atoms with E-state index in [1.807, 2.05) is 77.9 Å². The number of aromatic carboxylic acids is 1. The van der Waals surface area contributed by atoms with Gasteiger partial charge in [-0.3, -0.25) is 14.7 Å². The van der Waals surface area contributed by atoms with Crippen molar-refractivity contribution < 1.29 is 24.2 Å². The van der Waals surface area contributed by atoms with Crippen molar-refractivity contribution in [2.75, 3.05) is 18.6 Å². The largest absolute Gasteiger partial charge is 0.496 e. The number of para-hydroxylation sites is 1. The number of ether oxygens (including phenoxy) is 2. The lowest BCUT2D eigenvalue weighted by atomic mass is 9.98. The number of benzene rings is 3. The molecule has 0 fully saturated rings. The molecule has 1 aliphatic rings. The molecule has 2 atom stereocenters. The molecule has 4 aromatic heterocycles. The number of carboxylic acid groups (broad SMARTS) is 1. The summed E-state index contributed by atoms with van der Waals surface area (Å²) in [6.45, 7) is 12.3. The van der Waals surface area contributed by atoms with Gasteiger partial charge in [0.15, 0.2) is 0 Å². The van der Waals surface area contributed by atoms with Crippen LogP contribution in [0.5, 0.6) is 11.5 Å². The van der Waals surface area contributed by atoms with E-state index >= 15 is 4.79 Å². The van der Waals surface area contributed by atoms with E-state index in [-0.39, 0.29) is 18.1 Å². The van der Waals surface area contributed by atoms with Gasteiger partial charge in [-0.05, 0) is 113 Å². The van der Waals surface area contributed by atoms with Crippen LogP contribution < -0.4 is 14.4 Å². The molecule has 0 bridgehead atoms. The van der Waals surface area contributed by atoms with Crippen molar-refractivity contribution in [2.24, 2.45) is 0 Å². The molecule has 0 spiro atoms. The van der Waals surface area contributed by atoms with Crippen LogP contribution in [-0.4, -0.2) is 60.3 Å². The smallest absolute Gasteiger partial charge is 0.352 e. The van der Waals surface area contributed by atoms with Crippen LogP contribution in [0.4, 0.5) is 5.69 Å². The van der Waals surface area contributed by atoms with E-state index in [0.29, 0.717) is 53.2 Å². The van der Waals surface area contributed by atoms with Crippen molar-refractivity contribution in [1.82, 2.24) is 24.1 Å². The molecular formula is C46H44Cl2N6O5. The van der Waals surface area contributed by atoms with Gasteiger partial charge in [0.05, 0.1) is 48.7 Å². The van der Waals surface area contributed by atoms with Gasteiger partial charge in [-0.15, -0.1) is 0 Å². The summed E-state index contributed by atoms with van der Waals surface area (Å²) >= 11 is 14.0. The number of pyridine rings is 1. The molecule has 11 nitrogen and oxygen atoms in total. The highest BCUT2D eigenvalue weighted by Gasteiger charge is 2.42. The highest BCUT2D eigenvalue weighted by atomic mass is 35.5. The lowest BCUT2D eigenvalue weighted by Crippen LogP contribution is -2.48. The first-order chi connectivity index (χ1) is 28.3. The summed E-state index contributed by atoms with van der Waals surface area (Å²) in [7, 11) is 1.54. The molecule has 3 aromatic carbocycles. The molecular weight excluding hydrogens is 787 g/mol. The lowest BCUT2D eigenvalue weighted by Gasteiger charge is -2.39. The number of alkyl halides is 1. The molecule has 59 heavy (non-hydrogen) atoms. The second-order valence-electron chi connectivity index (χ2n) is 15.2. The number of nitrogens with zero attached hydrogens (tertiary/aromatic N) is 6. The Morgan fingerprint density at radius 1 is 0.915 bits per heavy atom. The Morgan fingerprint density at radius 3 is 2.31 bits per heavy atom. The summed E-state index contributed by atoms with van der Waals surface area (Å²) in [4.78, 5) is 43.7. The van der Waals surface area contributed by atoms with E-state index in [1.165, 1.54) is 7.11 Å². The molecule has 13 heteroatoms. The third-order valence-corrected chi connectivity index (χ3v) is 12.5. The van der Waals surface area contributed by atoms with E-state index in [0.717, 1.165) is 66.4 Å². The second-order valence-corrected chi connectivity index (χ2v) is 16.1. The highest BCUT2D eigenvalue weighted by Crippen LogP contribution is 2.47. The van der Waals surface area contributed by atoms with Gasteiger partial charge in [0.25, 0.3) is 5.91 Å². The predicted octanol–water partition coefficient (Wildman–Crippen LogP) is 10.2. The normalized spacial score (nSPS) is 15.3. The number of aryl methyl sites for hydroxylation is 6. The minimum absolute atomic E-state index is 0.0260. The molecule has 0 saturated heterocycles. The van der Waals surface area contributed by atoms with Crippen LogP contribution in [-0.2, 0) is 13.0 Å². The number of anilines is 1. The Balaban J connectivity index is 1.31. The number of amides is 1. The Morgan fingerprint density at radius 2 is 1.64 bits per heavy atom. The quantitative estimate of drug-likeness (QED) is 0.0776. The van der Waals surface area contributed by atoms with Crippen LogP contribution in [0.15, 0.2) is 73.2 Å². The zero-order chi connectivity index (χ0) is 41.9. The standard InChI is InChI=1S/C46H44Cl2N6O5/c1-24-13-14-30(49-21-24)22-52-37(46(56)57)20-35-38(58-7)16-15-36(42(35)52)54-44(48)29(6)53-41-32(10-8-11-34(41)39-27(4)50-23-51-28(39)5)33(43(53)45(54)55)12-9-17-59-31-18-25(2)40(47)26(3)19-31/h8,10-11,13-16,18-21,23,29,44H,9,12,17,22H2,1-7H3,(H,56,57). The molecule has 1 amide bonds. The molecule has 302 valence electrons. The summed E-state index contributed by atoms with van der Waals surface area (Å²) < 4.78 is 15.8. The van der Waals surface area contributed by atoms with Crippen molar-refractivity contribution >= 4 is 62.6 Å². The van der Waals surface area contributed by atoms with E-state index in [9.17, 15) is 9.90 Å². The molecule has 2 unspecified atom stereocenters. The first kappa shape index (κ1) is 39.9. The first-order valence-corrected chi connectivity index (χ1v) is 20.3. The second kappa shape index (κ2) is 15.7. The van der Waals surface area contributed by atoms with Gasteiger partial charge < -0.3 is 23.7 Å². The van der Waals surface area contributed by atoms with Crippen LogP contribution in [0.2, 0.25) is 5.02 Å². The Bertz CT molecular complexity index is 2770. The molecule has 1 N–H and O–H groups in total. The summed E-state index contributed by atoms with van der Waals surface area (Å²) in [6.07, 6.45) is 4.44. The van der Waals surface area contributed by atoms with Gasteiger partial charge in [0.1, 0.15) is 34.7 Å². The number of rotatable bonds is 11. The maximum absolute atomic E-state index is 15.5. The number of methoxy groups -OCH3 is 1. The van der Waals surface area contributed by atoms with Crippen LogP contribution in [0.1, 0.15) is 79.7 Å². The fraction of sp³-hybridized carbons (Fsp3) is 0.283. The van der Waals surface area contributed by atoms with Crippen molar-refractivity contribution in [2.45, 2.75) is 72.5 Å². The number of fused-ring (bicyclic) bond motifs is 4. The maximum Gasteiger partial charge on any atom is 0.352 e. The van der Waals surface area contributed by atoms with Gasteiger partial charge in [0, 0.05) is 44.5 Å². The molecule has 5 heterocycles. The number of carbonyl (C=O) groups excluding carboxylic acids is 1. The van der Waals surface area contributed by atoms with Crippen LogP contribution >= 0.6 is 23.2 Å².